The van der Waals surface area contributed by atoms with E-state index in [1.807, 2.05) is 0 Å². The fourth-order valence-corrected chi connectivity index (χ4v) is 2.15. The van der Waals surface area contributed by atoms with Gasteiger partial charge in [-0.15, -0.1) is 0 Å². The van der Waals surface area contributed by atoms with Crippen LogP contribution in [0.15, 0.2) is 22.7 Å². The second kappa shape index (κ2) is 6.58. The molecule has 20 heavy (non-hydrogen) atoms. The van der Waals surface area contributed by atoms with Gasteiger partial charge in [0, 0.05) is 17.6 Å². The van der Waals surface area contributed by atoms with Gasteiger partial charge >= 0.3 is 12.1 Å². The van der Waals surface area contributed by atoms with Crippen LogP contribution in [0.1, 0.15) is 18.1 Å². The normalized spacial score (nSPS) is 13.6. The molecule has 0 fully saturated rings. The van der Waals surface area contributed by atoms with Gasteiger partial charge in [-0.05, 0) is 30.8 Å². The minimum absolute atomic E-state index is 0.238. The van der Waals surface area contributed by atoms with Gasteiger partial charge in [0.1, 0.15) is 0 Å². The summed E-state index contributed by atoms with van der Waals surface area (Å²) in [5, 5.41) is 8.82. The van der Waals surface area contributed by atoms with Crippen molar-refractivity contribution < 1.29 is 23.1 Å². The summed E-state index contributed by atoms with van der Waals surface area (Å²) in [7, 11) is 1.67. The van der Waals surface area contributed by atoms with E-state index in [0.717, 1.165) is 12.1 Å². The molecule has 3 nitrogen and oxygen atoms in total. The third-order valence-corrected chi connectivity index (χ3v) is 3.59. The highest BCUT2D eigenvalue weighted by Crippen LogP contribution is 2.32. The molecule has 112 valence electrons. The van der Waals surface area contributed by atoms with Crippen LogP contribution in [0.4, 0.5) is 13.2 Å². The predicted molar refractivity (Wildman–Crippen MR) is 72.3 cm³/mol. The summed E-state index contributed by atoms with van der Waals surface area (Å²) in [6, 6.07) is 3.44. The lowest BCUT2D eigenvalue weighted by molar-refractivity contribution is -0.141. The monoisotopic (exact) mass is 353 g/mol. The van der Waals surface area contributed by atoms with E-state index in [9.17, 15) is 18.0 Å². The Labute approximate surface area is 123 Å². The van der Waals surface area contributed by atoms with Crippen LogP contribution in [0.3, 0.4) is 0 Å². The highest BCUT2D eigenvalue weighted by molar-refractivity contribution is 9.10. The first-order chi connectivity index (χ1) is 9.11. The second-order valence-electron chi connectivity index (χ2n) is 4.74. The molecule has 0 amide bonds. The molecular weight excluding hydrogens is 339 g/mol. The lowest BCUT2D eigenvalue weighted by Gasteiger charge is -2.20. The molecule has 1 aromatic rings. The molecule has 0 radical (unpaired) electrons. The van der Waals surface area contributed by atoms with Gasteiger partial charge in [-0.2, -0.15) is 13.2 Å². The maximum atomic E-state index is 12.6. The first-order valence-electron chi connectivity index (χ1n) is 5.88. The molecule has 0 heterocycles. The Morgan fingerprint density at radius 1 is 1.45 bits per heavy atom. The summed E-state index contributed by atoms with van der Waals surface area (Å²) in [5.74, 6) is -1.51. The predicted octanol–water partition coefficient (Wildman–Crippen LogP) is 3.62. The number of hydrogen-bond donors (Lipinski definition) is 1. The number of carboxylic acid groups (broad SMARTS) is 1. The Morgan fingerprint density at radius 3 is 2.55 bits per heavy atom. The molecule has 1 unspecified atom stereocenters. The van der Waals surface area contributed by atoms with E-state index in [4.69, 9.17) is 5.11 Å². The van der Waals surface area contributed by atoms with Crippen molar-refractivity contribution in [2.24, 2.45) is 5.92 Å². The number of carbonyl (C=O) groups is 1. The molecule has 1 atom stereocenters. The number of hydrogen-bond acceptors (Lipinski definition) is 2. The summed E-state index contributed by atoms with van der Waals surface area (Å²) in [5.41, 5.74) is -0.240. The van der Waals surface area contributed by atoms with Crippen LogP contribution in [0.2, 0.25) is 0 Å². The topological polar surface area (TPSA) is 40.5 Å². The van der Waals surface area contributed by atoms with Gasteiger partial charge in [0.05, 0.1) is 11.5 Å². The number of aliphatic carboxylic acids is 1. The number of alkyl halides is 3. The number of halogens is 4. The fraction of sp³-hybridized carbons (Fsp3) is 0.462. The van der Waals surface area contributed by atoms with E-state index in [1.165, 1.54) is 6.07 Å². The zero-order chi connectivity index (χ0) is 15.5. The van der Waals surface area contributed by atoms with Crippen molar-refractivity contribution in [1.29, 1.82) is 0 Å². The van der Waals surface area contributed by atoms with E-state index < -0.39 is 23.6 Å². The van der Waals surface area contributed by atoms with E-state index in [1.54, 1.807) is 18.9 Å². The standard InChI is InChI=1S/C13H15BrF3NO2/c1-8(12(19)20)6-18(2)7-9-5-10(13(15,16)17)3-4-11(9)14/h3-5,8H,6-7H2,1-2H3,(H,19,20). The molecular formula is C13H15BrF3NO2. The van der Waals surface area contributed by atoms with Gasteiger partial charge in [0.2, 0.25) is 0 Å². The van der Waals surface area contributed by atoms with Gasteiger partial charge in [-0.1, -0.05) is 22.9 Å². The van der Waals surface area contributed by atoms with Crippen molar-refractivity contribution >= 4 is 21.9 Å². The molecule has 0 aliphatic carbocycles. The molecule has 0 spiro atoms. The van der Waals surface area contributed by atoms with Crippen molar-refractivity contribution in [3.63, 3.8) is 0 Å². The Bertz CT molecular complexity index is 491. The van der Waals surface area contributed by atoms with Crippen LogP contribution in [0, 0.1) is 5.92 Å². The number of carboxylic acids is 1. The Kier molecular flexibility index (Phi) is 5.59. The molecule has 1 rings (SSSR count). The third-order valence-electron chi connectivity index (χ3n) is 2.82. The van der Waals surface area contributed by atoms with Gasteiger partial charge in [-0.25, -0.2) is 0 Å². The van der Waals surface area contributed by atoms with Crippen LogP contribution in [0.25, 0.3) is 0 Å². The smallest absolute Gasteiger partial charge is 0.416 e. The van der Waals surface area contributed by atoms with Gasteiger partial charge in [0.15, 0.2) is 0 Å². The molecule has 0 aliphatic heterocycles. The molecule has 0 saturated heterocycles. The molecule has 0 bridgehead atoms. The quantitative estimate of drug-likeness (QED) is 0.878. The molecule has 1 aromatic carbocycles. The minimum atomic E-state index is -4.39. The summed E-state index contributed by atoms with van der Waals surface area (Å²) >= 11 is 3.21. The lowest BCUT2D eigenvalue weighted by Crippen LogP contribution is -2.28. The molecule has 1 N–H and O–H groups in total. The molecule has 0 aliphatic rings. The number of nitrogens with zero attached hydrogens (tertiary/aromatic N) is 1. The first-order valence-corrected chi connectivity index (χ1v) is 6.67. The average molecular weight is 354 g/mol. The van der Waals surface area contributed by atoms with E-state index in [0.29, 0.717) is 10.0 Å². The molecule has 0 saturated carbocycles. The fourth-order valence-electron chi connectivity index (χ4n) is 1.77. The van der Waals surface area contributed by atoms with Gasteiger partial charge in [-0.3, -0.25) is 4.79 Å². The summed E-state index contributed by atoms with van der Waals surface area (Å²) in [4.78, 5) is 12.4. The van der Waals surface area contributed by atoms with Crippen LogP contribution >= 0.6 is 15.9 Å². The second-order valence-corrected chi connectivity index (χ2v) is 5.59. The van der Waals surface area contributed by atoms with Crippen LogP contribution in [-0.2, 0) is 17.5 Å². The Hall–Kier alpha value is -1.08. The highest BCUT2D eigenvalue weighted by atomic mass is 79.9. The molecule has 0 aromatic heterocycles. The Balaban J connectivity index is 2.84. The van der Waals surface area contributed by atoms with E-state index in [2.05, 4.69) is 15.9 Å². The first kappa shape index (κ1) is 17.0. The van der Waals surface area contributed by atoms with Crippen molar-refractivity contribution in [1.82, 2.24) is 4.90 Å². The maximum absolute atomic E-state index is 12.6. The zero-order valence-corrected chi connectivity index (χ0v) is 12.6. The van der Waals surface area contributed by atoms with Crippen LogP contribution in [-0.4, -0.2) is 29.6 Å². The van der Waals surface area contributed by atoms with Crippen molar-refractivity contribution in [2.45, 2.75) is 19.6 Å². The maximum Gasteiger partial charge on any atom is 0.416 e. The largest absolute Gasteiger partial charge is 0.481 e. The van der Waals surface area contributed by atoms with E-state index in [-0.39, 0.29) is 13.1 Å². The number of rotatable bonds is 5. The zero-order valence-electron chi connectivity index (χ0n) is 11.0. The number of benzene rings is 1. The average Bonchev–Trinajstić information content (AvgIpc) is 2.30. The van der Waals surface area contributed by atoms with E-state index >= 15 is 0 Å². The summed E-state index contributed by atoms with van der Waals surface area (Å²) < 4.78 is 38.5. The van der Waals surface area contributed by atoms with Crippen LogP contribution < -0.4 is 0 Å². The third kappa shape index (κ3) is 4.79. The van der Waals surface area contributed by atoms with Gasteiger partial charge in [0.25, 0.3) is 0 Å². The Morgan fingerprint density at radius 2 is 2.05 bits per heavy atom. The minimum Gasteiger partial charge on any atom is -0.481 e. The summed E-state index contributed by atoms with van der Waals surface area (Å²) in [6.07, 6.45) is -4.39. The van der Waals surface area contributed by atoms with Crippen molar-refractivity contribution in [2.75, 3.05) is 13.6 Å². The molecule has 7 heteroatoms. The van der Waals surface area contributed by atoms with Gasteiger partial charge < -0.3 is 10.0 Å². The SMILES string of the molecule is CC(CN(C)Cc1cc(C(F)(F)F)ccc1Br)C(=O)O. The van der Waals surface area contributed by atoms with Crippen LogP contribution in [0.5, 0.6) is 0 Å². The lowest BCUT2D eigenvalue weighted by atomic mass is 10.1. The summed E-state index contributed by atoms with van der Waals surface area (Å²) in [6.45, 7) is 2.06. The van der Waals surface area contributed by atoms with Crippen molar-refractivity contribution in [3.8, 4) is 0 Å². The highest BCUT2D eigenvalue weighted by Gasteiger charge is 2.31. The van der Waals surface area contributed by atoms with Crippen molar-refractivity contribution in [3.05, 3.63) is 33.8 Å².